The number of halogens is 3. The second-order valence-corrected chi connectivity index (χ2v) is 6.15. The minimum absolute atomic E-state index is 0.574. The third-order valence-corrected chi connectivity index (χ3v) is 4.65. The smallest absolute Gasteiger partial charge is 0.315 e. The van der Waals surface area contributed by atoms with Crippen LogP contribution in [0.4, 0.5) is 13.2 Å². The number of rotatable bonds is 3. The summed E-state index contributed by atoms with van der Waals surface area (Å²) in [6, 6.07) is 6.20. The predicted molar refractivity (Wildman–Crippen MR) is 79.6 cm³/mol. The summed E-state index contributed by atoms with van der Waals surface area (Å²) in [5, 5.41) is 3.39. The molecule has 122 valence electrons. The molecule has 2 aliphatic rings. The van der Waals surface area contributed by atoms with Gasteiger partial charge in [0, 0.05) is 45.3 Å². The molecule has 1 unspecified atom stereocenters. The molecule has 2 saturated heterocycles. The third kappa shape index (κ3) is 3.80. The molecule has 2 heterocycles. The Morgan fingerprint density at radius 2 is 1.73 bits per heavy atom. The van der Waals surface area contributed by atoms with Gasteiger partial charge in [-0.05, 0) is 30.7 Å². The average molecular weight is 313 g/mol. The van der Waals surface area contributed by atoms with Crippen LogP contribution in [-0.2, 0) is 12.7 Å². The standard InChI is InChI=1S/C16H22F3N3/c17-16(18,19)14-3-1-13(2-4-14)12-21-7-9-22(10-8-21)15-5-6-20-11-15/h1-4,15,20H,5-12H2. The van der Waals surface area contributed by atoms with Crippen molar-refractivity contribution in [2.75, 3.05) is 39.3 Å². The zero-order valence-corrected chi connectivity index (χ0v) is 12.6. The Labute approximate surface area is 129 Å². The van der Waals surface area contributed by atoms with E-state index in [1.54, 1.807) is 12.1 Å². The van der Waals surface area contributed by atoms with E-state index in [9.17, 15) is 13.2 Å². The second-order valence-electron chi connectivity index (χ2n) is 6.15. The van der Waals surface area contributed by atoms with E-state index in [2.05, 4.69) is 15.1 Å². The summed E-state index contributed by atoms with van der Waals surface area (Å²) < 4.78 is 37.6. The maximum Gasteiger partial charge on any atom is 0.416 e. The van der Waals surface area contributed by atoms with E-state index in [1.807, 2.05) is 0 Å². The van der Waals surface area contributed by atoms with Crippen molar-refractivity contribution in [2.24, 2.45) is 0 Å². The molecule has 0 bridgehead atoms. The van der Waals surface area contributed by atoms with Gasteiger partial charge in [0.2, 0.25) is 0 Å². The van der Waals surface area contributed by atoms with Crippen molar-refractivity contribution < 1.29 is 13.2 Å². The first-order valence-corrected chi connectivity index (χ1v) is 7.85. The van der Waals surface area contributed by atoms with Gasteiger partial charge in [-0.3, -0.25) is 9.80 Å². The molecule has 0 aromatic heterocycles. The Morgan fingerprint density at radius 3 is 2.27 bits per heavy atom. The van der Waals surface area contributed by atoms with Crippen LogP contribution in [0.1, 0.15) is 17.5 Å². The lowest BCUT2D eigenvalue weighted by molar-refractivity contribution is -0.137. The topological polar surface area (TPSA) is 18.5 Å². The van der Waals surface area contributed by atoms with E-state index >= 15 is 0 Å². The molecule has 3 rings (SSSR count). The van der Waals surface area contributed by atoms with Gasteiger partial charge in [0.25, 0.3) is 0 Å². The molecule has 0 amide bonds. The number of hydrogen-bond acceptors (Lipinski definition) is 3. The van der Waals surface area contributed by atoms with E-state index in [4.69, 9.17) is 0 Å². The van der Waals surface area contributed by atoms with Crippen molar-refractivity contribution >= 4 is 0 Å². The summed E-state index contributed by atoms with van der Waals surface area (Å²) in [6.07, 6.45) is -3.03. The minimum atomic E-state index is -4.25. The van der Waals surface area contributed by atoms with Crippen LogP contribution in [0, 0.1) is 0 Å². The molecule has 1 atom stereocenters. The van der Waals surface area contributed by atoms with Gasteiger partial charge in [0.05, 0.1) is 5.56 Å². The Morgan fingerprint density at radius 1 is 1.05 bits per heavy atom. The van der Waals surface area contributed by atoms with Crippen LogP contribution in [0.2, 0.25) is 0 Å². The third-order valence-electron chi connectivity index (χ3n) is 4.65. The molecule has 0 radical (unpaired) electrons. The van der Waals surface area contributed by atoms with Gasteiger partial charge in [-0.15, -0.1) is 0 Å². The summed E-state index contributed by atoms with van der Waals surface area (Å²) in [5.74, 6) is 0. The maximum absolute atomic E-state index is 12.5. The van der Waals surface area contributed by atoms with E-state index < -0.39 is 11.7 Å². The number of nitrogens with one attached hydrogen (secondary N) is 1. The highest BCUT2D eigenvalue weighted by Gasteiger charge is 2.30. The second kappa shape index (κ2) is 6.56. The van der Waals surface area contributed by atoms with Crippen molar-refractivity contribution in [1.29, 1.82) is 0 Å². The zero-order valence-electron chi connectivity index (χ0n) is 12.6. The highest BCUT2D eigenvalue weighted by atomic mass is 19.4. The lowest BCUT2D eigenvalue weighted by atomic mass is 10.1. The van der Waals surface area contributed by atoms with Gasteiger partial charge < -0.3 is 5.32 Å². The Hall–Kier alpha value is -1.11. The van der Waals surface area contributed by atoms with Crippen molar-refractivity contribution in [3.05, 3.63) is 35.4 Å². The normalized spacial score (nSPS) is 24.8. The SMILES string of the molecule is FC(F)(F)c1ccc(CN2CCN(C3CCNC3)CC2)cc1. The number of alkyl halides is 3. The van der Waals surface area contributed by atoms with Gasteiger partial charge >= 0.3 is 6.18 Å². The summed E-state index contributed by atoms with van der Waals surface area (Å²) in [4.78, 5) is 4.85. The molecular formula is C16H22F3N3. The first kappa shape index (κ1) is 15.8. The van der Waals surface area contributed by atoms with Crippen molar-refractivity contribution in [3.8, 4) is 0 Å². The number of piperazine rings is 1. The van der Waals surface area contributed by atoms with Gasteiger partial charge in [0.1, 0.15) is 0 Å². The fourth-order valence-electron chi connectivity index (χ4n) is 3.30. The maximum atomic E-state index is 12.5. The number of benzene rings is 1. The van der Waals surface area contributed by atoms with Gasteiger partial charge in [0.15, 0.2) is 0 Å². The molecule has 2 aliphatic heterocycles. The molecule has 0 aliphatic carbocycles. The molecule has 3 nitrogen and oxygen atoms in total. The molecule has 1 N–H and O–H groups in total. The Balaban J connectivity index is 1.50. The van der Waals surface area contributed by atoms with Crippen molar-refractivity contribution in [2.45, 2.75) is 25.2 Å². The van der Waals surface area contributed by atoms with Gasteiger partial charge in [-0.25, -0.2) is 0 Å². The summed E-state index contributed by atoms with van der Waals surface area (Å²) >= 11 is 0. The number of nitrogens with zero attached hydrogens (tertiary/aromatic N) is 2. The predicted octanol–water partition coefficient (Wildman–Crippen LogP) is 2.18. The van der Waals surface area contributed by atoms with Crippen LogP contribution in [0.3, 0.4) is 0 Å². The van der Waals surface area contributed by atoms with Gasteiger partial charge in [-0.2, -0.15) is 13.2 Å². The Kier molecular flexibility index (Phi) is 4.70. The van der Waals surface area contributed by atoms with E-state index in [1.165, 1.54) is 18.6 Å². The van der Waals surface area contributed by atoms with E-state index in [-0.39, 0.29) is 0 Å². The quantitative estimate of drug-likeness (QED) is 0.923. The first-order chi connectivity index (χ1) is 10.5. The lowest BCUT2D eigenvalue weighted by Gasteiger charge is -2.37. The molecule has 0 saturated carbocycles. The highest BCUT2D eigenvalue weighted by molar-refractivity contribution is 5.24. The molecule has 0 spiro atoms. The fraction of sp³-hybridized carbons (Fsp3) is 0.625. The Bertz CT molecular complexity index is 472. The average Bonchev–Trinajstić information content (AvgIpc) is 3.02. The van der Waals surface area contributed by atoms with Crippen LogP contribution < -0.4 is 5.32 Å². The van der Waals surface area contributed by atoms with E-state index in [0.29, 0.717) is 6.04 Å². The zero-order chi connectivity index (χ0) is 15.6. The summed E-state index contributed by atoms with van der Waals surface area (Å²) in [5.41, 5.74) is 0.374. The largest absolute Gasteiger partial charge is 0.416 e. The monoisotopic (exact) mass is 313 g/mol. The van der Waals surface area contributed by atoms with Crippen LogP contribution >= 0.6 is 0 Å². The summed E-state index contributed by atoms with van der Waals surface area (Å²) in [6.45, 7) is 6.99. The molecule has 1 aromatic carbocycles. The molecule has 22 heavy (non-hydrogen) atoms. The minimum Gasteiger partial charge on any atom is -0.315 e. The molecule has 6 heteroatoms. The molecular weight excluding hydrogens is 291 g/mol. The molecule has 1 aromatic rings. The van der Waals surface area contributed by atoms with E-state index in [0.717, 1.165) is 51.4 Å². The summed E-state index contributed by atoms with van der Waals surface area (Å²) in [7, 11) is 0. The van der Waals surface area contributed by atoms with Crippen LogP contribution in [-0.4, -0.2) is 55.1 Å². The lowest BCUT2D eigenvalue weighted by Crippen LogP contribution is -2.50. The van der Waals surface area contributed by atoms with Crippen LogP contribution in [0.15, 0.2) is 24.3 Å². The van der Waals surface area contributed by atoms with Crippen LogP contribution in [0.25, 0.3) is 0 Å². The molecule has 2 fully saturated rings. The van der Waals surface area contributed by atoms with Gasteiger partial charge in [-0.1, -0.05) is 12.1 Å². The highest BCUT2D eigenvalue weighted by Crippen LogP contribution is 2.29. The first-order valence-electron chi connectivity index (χ1n) is 7.85. The fourth-order valence-corrected chi connectivity index (χ4v) is 3.30. The van der Waals surface area contributed by atoms with Crippen molar-refractivity contribution in [3.63, 3.8) is 0 Å². The number of hydrogen-bond donors (Lipinski definition) is 1. The van der Waals surface area contributed by atoms with Crippen molar-refractivity contribution in [1.82, 2.24) is 15.1 Å². The van der Waals surface area contributed by atoms with Crippen LogP contribution in [0.5, 0.6) is 0 Å².